The fraction of sp³-hybridized carbons (Fsp3) is 0.452. The summed E-state index contributed by atoms with van der Waals surface area (Å²) < 4.78 is 103. The molecular weight excluding hydrogens is 634 g/mol. The molecular formula is C31H28F6N6O2S. The minimum absolute atomic E-state index is 0.0281. The number of nitrogen functional groups attached to an aromatic ring is 1. The number of hydrogen-bond acceptors (Lipinski definition) is 9. The van der Waals surface area contributed by atoms with Crippen LogP contribution in [0.25, 0.3) is 32.1 Å². The number of nitrogens with two attached hydrogens (primary N) is 1. The molecule has 0 amide bonds. The van der Waals surface area contributed by atoms with Crippen molar-refractivity contribution in [1.29, 1.82) is 5.26 Å². The third kappa shape index (κ3) is 4.76. The van der Waals surface area contributed by atoms with E-state index in [1.165, 1.54) is 4.90 Å². The van der Waals surface area contributed by atoms with Crippen molar-refractivity contribution in [2.45, 2.75) is 49.7 Å². The molecule has 3 aliphatic rings. The van der Waals surface area contributed by atoms with E-state index in [0.717, 1.165) is 37.0 Å². The van der Waals surface area contributed by atoms with Gasteiger partial charge in [0.05, 0.1) is 40.4 Å². The van der Waals surface area contributed by atoms with Crippen LogP contribution in [-0.2, 0) is 0 Å². The minimum Gasteiger partial charge on any atom is -0.493 e. The van der Waals surface area contributed by atoms with Crippen LogP contribution in [0.3, 0.4) is 0 Å². The molecule has 2 N–H and O–H groups in total. The van der Waals surface area contributed by atoms with Crippen LogP contribution in [0.15, 0.2) is 12.1 Å². The zero-order valence-electron chi connectivity index (χ0n) is 24.6. The Morgan fingerprint density at radius 2 is 1.89 bits per heavy atom. The number of ether oxygens (including phenoxy) is 2. The highest BCUT2D eigenvalue weighted by Gasteiger charge is 2.49. The van der Waals surface area contributed by atoms with Crippen LogP contribution in [0.1, 0.15) is 37.7 Å². The number of methoxy groups -OCH3 is 1. The molecule has 0 radical (unpaired) electrons. The van der Waals surface area contributed by atoms with E-state index in [4.69, 9.17) is 15.2 Å². The van der Waals surface area contributed by atoms with Crippen LogP contribution >= 0.6 is 11.3 Å². The Balaban J connectivity index is 1.46. The topological polar surface area (TPSA) is 101 Å². The third-order valence-electron chi connectivity index (χ3n) is 9.27. The molecule has 0 saturated carbocycles. The van der Waals surface area contributed by atoms with Crippen LogP contribution in [0.4, 0.5) is 37.2 Å². The van der Waals surface area contributed by atoms with Crippen molar-refractivity contribution in [3.05, 3.63) is 35.1 Å². The molecule has 2 atom stereocenters. The van der Waals surface area contributed by atoms with Gasteiger partial charge in [0.25, 0.3) is 5.92 Å². The summed E-state index contributed by atoms with van der Waals surface area (Å²) in [5.74, 6) is -7.03. The van der Waals surface area contributed by atoms with E-state index in [2.05, 4.69) is 9.97 Å². The number of alkyl halides is 3. The van der Waals surface area contributed by atoms with Crippen molar-refractivity contribution in [3.8, 4) is 29.0 Å². The van der Waals surface area contributed by atoms with E-state index < -0.39 is 58.5 Å². The molecule has 242 valence electrons. The van der Waals surface area contributed by atoms with Gasteiger partial charge in [-0.3, -0.25) is 4.90 Å². The lowest BCUT2D eigenvalue weighted by atomic mass is 9.95. The lowest BCUT2D eigenvalue weighted by Crippen LogP contribution is -2.44. The van der Waals surface area contributed by atoms with Crippen molar-refractivity contribution >= 4 is 43.1 Å². The van der Waals surface area contributed by atoms with Crippen LogP contribution in [0, 0.1) is 28.8 Å². The molecule has 3 saturated heterocycles. The van der Waals surface area contributed by atoms with Gasteiger partial charge in [0.1, 0.15) is 41.0 Å². The van der Waals surface area contributed by atoms with Crippen molar-refractivity contribution in [2.75, 3.05) is 50.5 Å². The molecule has 2 aromatic heterocycles. The zero-order valence-corrected chi connectivity index (χ0v) is 25.4. The highest BCUT2D eigenvalue weighted by Crippen LogP contribution is 2.48. The molecule has 0 spiro atoms. The number of halogens is 6. The Hall–Kier alpha value is -4.03. The van der Waals surface area contributed by atoms with Crippen molar-refractivity contribution in [3.63, 3.8) is 0 Å². The maximum atomic E-state index is 16.8. The van der Waals surface area contributed by atoms with E-state index in [1.54, 1.807) is 0 Å². The summed E-state index contributed by atoms with van der Waals surface area (Å²) in [6, 6.07) is 3.66. The van der Waals surface area contributed by atoms with Gasteiger partial charge in [-0.25, -0.2) is 26.3 Å². The number of thiophene rings is 1. The number of aromatic nitrogens is 2. The molecule has 7 rings (SSSR count). The van der Waals surface area contributed by atoms with Crippen LogP contribution in [0.5, 0.6) is 11.8 Å². The monoisotopic (exact) mass is 662 g/mol. The molecule has 5 heterocycles. The number of rotatable bonds is 6. The number of anilines is 2. The first-order valence-electron chi connectivity index (χ1n) is 14.8. The van der Waals surface area contributed by atoms with E-state index in [0.29, 0.717) is 13.0 Å². The molecule has 0 unspecified atom stereocenters. The molecule has 3 aliphatic heterocycles. The summed E-state index contributed by atoms with van der Waals surface area (Å²) in [5, 5.41) is 9.36. The smallest absolute Gasteiger partial charge is 0.319 e. The quantitative estimate of drug-likeness (QED) is 0.231. The highest BCUT2D eigenvalue weighted by molar-refractivity contribution is 7.23. The average Bonchev–Trinajstić information content (AvgIpc) is 3.66. The van der Waals surface area contributed by atoms with E-state index >= 15 is 8.78 Å². The molecule has 0 bridgehead atoms. The Morgan fingerprint density at radius 1 is 1.11 bits per heavy atom. The number of benzene rings is 2. The predicted molar refractivity (Wildman–Crippen MR) is 161 cm³/mol. The van der Waals surface area contributed by atoms with E-state index in [9.17, 15) is 22.8 Å². The standard InChI is InChI=1S/C31H28F6N6O2S/c1-44-25-21-24(22(34)20(23(25)35)16-4-5-18(33)26-19(16)17(11-38)27(39)46-26)40-29(41-28(21)42-8-3-7-31(36,37)13-42)45-14-30-6-2-9-43(30)12-15(32)10-30/h4-5,15H,2-3,6-10,12-14,39H2,1H3/t15-,30+/m1/s1. The Bertz CT molecular complexity index is 1930. The van der Waals surface area contributed by atoms with Gasteiger partial charge in [0, 0.05) is 31.3 Å². The van der Waals surface area contributed by atoms with Gasteiger partial charge < -0.3 is 20.1 Å². The number of nitrogens with zero attached hydrogens (tertiary/aromatic N) is 5. The Kier molecular flexibility index (Phi) is 7.35. The summed E-state index contributed by atoms with van der Waals surface area (Å²) in [6.45, 7) is 0.254. The van der Waals surface area contributed by atoms with Gasteiger partial charge in [-0.2, -0.15) is 15.2 Å². The summed E-state index contributed by atoms with van der Waals surface area (Å²) >= 11 is 0.763. The first-order chi connectivity index (χ1) is 22.0. The van der Waals surface area contributed by atoms with E-state index in [1.807, 2.05) is 11.0 Å². The number of hydrogen-bond donors (Lipinski definition) is 1. The maximum Gasteiger partial charge on any atom is 0.319 e. The number of fused-ring (bicyclic) bond motifs is 3. The first kappa shape index (κ1) is 30.6. The highest BCUT2D eigenvalue weighted by atomic mass is 32.1. The van der Waals surface area contributed by atoms with Crippen molar-refractivity contribution in [1.82, 2.24) is 14.9 Å². The largest absolute Gasteiger partial charge is 0.493 e. The summed E-state index contributed by atoms with van der Waals surface area (Å²) in [5.41, 5.74) is 3.84. The second-order valence-corrected chi connectivity index (χ2v) is 13.1. The third-order valence-corrected chi connectivity index (χ3v) is 10.3. The fourth-order valence-electron chi connectivity index (χ4n) is 7.26. The zero-order chi connectivity index (χ0) is 32.5. The fourth-order valence-corrected chi connectivity index (χ4v) is 8.21. The van der Waals surface area contributed by atoms with Gasteiger partial charge >= 0.3 is 6.01 Å². The molecule has 3 fully saturated rings. The van der Waals surface area contributed by atoms with Gasteiger partial charge in [-0.15, -0.1) is 11.3 Å². The Morgan fingerprint density at radius 3 is 2.63 bits per heavy atom. The molecule has 46 heavy (non-hydrogen) atoms. The molecule has 2 aromatic carbocycles. The maximum absolute atomic E-state index is 16.8. The normalized spacial score (nSPS) is 22.8. The minimum atomic E-state index is -3.10. The van der Waals surface area contributed by atoms with Gasteiger partial charge in [-0.1, -0.05) is 6.07 Å². The average molecular weight is 663 g/mol. The lowest BCUT2D eigenvalue weighted by molar-refractivity contribution is -0.0118. The molecule has 8 nitrogen and oxygen atoms in total. The van der Waals surface area contributed by atoms with Crippen molar-refractivity contribution in [2.24, 2.45) is 0 Å². The lowest BCUT2D eigenvalue weighted by Gasteiger charge is -2.34. The van der Waals surface area contributed by atoms with Crippen LogP contribution in [0.2, 0.25) is 0 Å². The van der Waals surface area contributed by atoms with Gasteiger partial charge in [0.2, 0.25) is 0 Å². The molecule has 4 aromatic rings. The second-order valence-electron chi connectivity index (χ2n) is 12.1. The number of nitriles is 1. The van der Waals surface area contributed by atoms with Crippen molar-refractivity contribution < 1.29 is 35.8 Å². The SMILES string of the molecule is COc1c(F)c(-c2ccc(F)c3sc(N)c(C#N)c23)c(F)c2nc(OC[C@@]34CCCN3C[C@H](F)C4)nc(N3CCCC(F)(F)C3)c12. The summed E-state index contributed by atoms with van der Waals surface area (Å²) in [4.78, 5) is 11.9. The van der Waals surface area contributed by atoms with Crippen LogP contribution < -0.4 is 20.1 Å². The second kappa shape index (κ2) is 11.0. The van der Waals surface area contributed by atoms with E-state index in [-0.39, 0.29) is 82.4 Å². The summed E-state index contributed by atoms with van der Waals surface area (Å²) in [6.07, 6.45) is 0.399. The first-order valence-corrected chi connectivity index (χ1v) is 15.6. The molecule has 0 aliphatic carbocycles. The summed E-state index contributed by atoms with van der Waals surface area (Å²) in [7, 11) is 1.13. The van der Waals surface area contributed by atoms with Gasteiger partial charge in [0.15, 0.2) is 17.4 Å². The predicted octanol–water partition coefficient (Wildman–Crippen LogP) is 6.58. The number of piperidine rings is 1. The molecule has 15 heteroatoms. The Labute approximate surface area is 263 Å². The van der Waals surface area contributed by atoms with Crippen LogP contribution in [-0.4, -0.2) is 72.4 Å². The van der Waals surface area contributed by atoms with Gasteiger partial charge in [-0.05, 0) is 37.4 Å².